The molecule has 29 valence electrons. The van der Waals surface area contributed by atoms with Crippen molar-refractivity contribution in [1.82, 2.24) is 0 Å². The molecule has 0 unspecified atom stereocenters. The summed E-state index contributed by atoms with van der Waals surface area (Å²) in [6.45, 7) is 0. The van der Waals surface area contributed by atoms with Gasteiger partial charge in [-0.1, -0.05) is 0 Å². The minimum Gasteiger partial charge on any atom is -2.00 e. The molecule has 0 spiro atoms. The van der Waals surface area contributed by atoms with E-state index in [0.29, 0.717) is 0 Å². The second-order valence-electron chi connectivity index (χ2n) is 0. The van der Waals surface area contributed by atoms with E-state index in [4.69, 9.17) is 0 Å². The maximum Gasteiger partial charge on any atom is 4.00 e. The van der Waals surface area contributed by atoms with Crippen molar-refractivity contribution in [2.24, 2.45) is 0 Å². The Bertz CT molecular complexity index is 8.75. The third kappa shape index (κ3) is 23.4. The number of rotatable bonds is 0. The molecule has 1 radical (unpaired) electrons. The van der Waals surface area contributed by atoms with Gasteiger partial charge in [0.15, 0.2) is 0 Å². The molecule has 0 aliphatic heterocycles. The molecule has 0 N–H and O–H groups in total. The molecular formula is Cs2IrO3. The summed E-state index contributed by atoms with van der Waals surface area (Å²) in [5.41, 5.74) is 0. The van der Waals surface area contributed by atoms with Crippen molar-refractivity contribution in [2.45, 2.75) is 0 Å². The van der Waals surface area contributed by atoms with Crippen LogP contribution in [0.1, 0.15) is 0 Å². The predicted molar refractivity (Wildman–Crippen MR) is 2.06 cm³/mol. The van der Waals surface area contributed by atoms with Gasteiger partial charge in [-0.15, -0.1) is 0 Å². The Labute approximate surface area is 168 Å². The quantitative estimate of drug-likeness (QED) is 0.314. The monoisotopic (exact) mass is 507 g/mol. The van der Waals surface area contributed by atoms with Gasteiger partial charge in [0.2, 0.25) is 0 Å². The second kappa shape index (κ2) is 33.4. The first-order valence-corrected chi connectivity index (χ1v) is 0. The first kappa shape index (κ1) is 46.0. The van der Waals surface area contributed by atoms with Crippen LogP contribution in [0.2, 0.25) is 0 Å². The summed E-state index contributed by atoms with van der Waals surface area (Å²) in [7, 11) is 0. The molecule has 0 amide bonds. The summed E-state index contributed by atoms with van der Waals surface area (Å²) in [6, 6.07) is 0. The van der Waals surface area contributed by atoms with Crippen LogP contribution in [0.5, 0.6) is 0 Å². The maximum atomic E-state index is 0. The Kier molecular flexibility index (Phi) is 256. The molecule has 6 heavy (non-hydrogen) atoms. The summed E-state index contributed by atoms with van der Waals surface area (Å²) < 4.78 is 0. The van der Waals surface area contributed by atoms with Gasteiger partial charge >= 0.3 is 158 Å². The zero-order valence-corrected chi connectivity index (χ0v) is 18.5. The SMILES string of the molecule is [Cs+].[Cs+].[Ir+4].[O-2].[O-2].[O-2]. The Morgan fingerprint density at radius 2 is 0.500 bits per heavy atom. The largest absolute Gasteiger partial charge is 4.00 e. The van der Waals surface area contributed by atoms with Crippen LogP contribution in [0.25, 0.3) is 0 Å². The molecule has 0 atom stereocenters. The van der Waals surface area contributed by atoms with E-state index in [0.717, 1.165) is 0 Å². The molecule has 0 aliphatic carbocycles. The van der Waals surface area contributed by atoms with Crippen molar-refractivity contribution in [2.75, 3.05) is 0 Å². The minimum atomic E-state index is 0. The standard InChI is InChI=1S/2Cs.Ir.3O/q2*+1;+4;3*-2. The van der Waals surface area contributed by atoms with Crippen LogP contribution in [0, 0.1) is 0 Å². The fraction of sp³-hybridized carbons (Fsp3) is 0. The molecule has 0 fully saturated rings. The normalized spacial score (nSPS) is 0. The summed E-state index contributed by atoms with van der Waals surface area (Å²) in [4.78, 5) is 0. The third-order valence-electron chi connectivity index (χ3n) is 0. The van der Waals surface area contributed by atoms with E-state index in [1.165, 1.54) is 0 Å². The Morgan fingerprint density at radius 3 is 0.500 bits per heavy atom. The van der Waals surface area contributed by atoms with Gasteiger partial charge in [0.25, 0.3) is 0 Å². The summed E-state index contributed by atoms with van der Waals surface area (Å²) >= 11 is 0. The third-order valence-corrected chi connectivity index (χ3v) is 0. The Morgan fingerprint density at radius 1 is 0.500 bits per heavy atom. The van der Waals surface area contributed by atoms with Gasteiger partial charge in [-0.2, -0.15) is 0 Å². The average Bonchev–Trinajstić information content (AvgIpc) is 0. The fourth-order valence-corrected chi connectivity index (χ4v) is 0. The molecule has 0 aromatic heterocycles. The summed E-state index contributed by atoms with van der Waals surface area (Å²) in [5.74, 6) is 0. The van der Waals surface area contributed by atoms with Crippen molar-refractivity contribution in [3.8, 4) is 0 Å². The zero-order chi connectivity index (χ0) is 0. The van der Waals surface area contributed by atoms with Crippen LogP contribution in [-0.2, 0) is 36.5 Å². The van der Waals surface area contributed by atoms with Gasteiger partial charge < -0.3 is 16.4 Å². The summed E-state index contributed by atoms with van der Waals surface area (Å²) in [6.07, 6.45) is 0. The van der Waals surface area contributed by atoms with E-state index in [2.05, 4.69) is 0 Å². The second-order valence-corrected chi connectivity index (χ2v) is 0. The van der Waals surface area contributed by atoms with Crippen molar-refractivity contribution < 1.29 is 174 Å². The van der Waals surface area contributed by atoms with Crippen molar-refractivity contribution in [3.63, 3.8) is 0 Å². The fourth-order valence-electron chi connectivity index (χ4n) is 0. The van der Waals surface area contributed by atoms with Gasteiger partial charge in [0, 0.05) is 0 Å². The smallest absolute Gasteiger partial charge is 2.00 e. The molecule has 6 heteroatoms. The predicted octanol–water partition coefficient (Wildman–Crippen LogP) is -6.35. The van der Waals surface area contributed by atoms with E-state index in [9.17, 15) is 0 Å². The molecule has 0 aliphatic rings. The van der Waals surface area contributed by atoms with E-state index in [1.54, 1.807) is 0 Å². The van der Waals surface area contributed by atoms with Crippen LogP contribution in [0.4, 0.5) is 0 Å². The van der Waals surface area contributed by atoms with Crippen molar-refractivity contribution >= 4 is 0 Å². The topological polar surface area (TPSA) is 85.5 Å². The van der Waals surface area contributed by atoms with Crippen LogP contribution in [0.15, 0.2) is 0 Å². The number of hydrogen-bond acceptors (Lipinski definition) is 0. The van der Waals surface area contributed by atoms with Gasteiger partial charge in [-0.25, -0.2) is 0 Å². The molecular weight excluding hydrogens is 506 g/mol. The van der Waals surface area contributed by atoms with Gasteiger partial charge in [-0.3, -0.25) is 0 Å². The van der Waals surface area contributed by atoms with E-state index in [-0.39, 0.29) is 174 Å². The summed E-state index contributed by atoms with van der Waals surface area (Å²) in [5, 5.41) is 0. The van der Waals surface area contributed by atoms with Gasteiger partial charge in [0.1, 0.15) is 0 Å². The first-order chi connectivity index (χ1) is 0. The molecule has 0 saturated carbocycles. The van der Waals surface area contributed by atoms with E-state index in [1.807, 2.05) is 0 Å². The van der Waals surface area contributed by atoms with E-state index >= 15 is 0 Å². The maximum absolute atomic E-state index is 0. The molecule has 0 bridgehead atoms. The molecule has 0 aromatic rings. The van der Waals surface area contributed by atoms with Gasteiger partial charge in [0.05, 0.1) is 0 Å². The van der Waals surface area contributed by atoms with Gasteiger partial charge in [-0.05, 0) is 0 Å². The molecule has 0 heterocycles. The average molecular weight is 506 g/mol. The Balaban J connectivity index is 0. The first-order valence-electron chi connectivity index (χ1n) is 0. The van der Waals surface area contributed by atoms with Crippen LogP contribution >= 0.6 is 0 Å². The molecule has 0 saturated heterocycles. The Hall–Kier alpha value is 4.63. The van der Waals surface area contributed by atoms with Crippen molar-refractivity contribution in [1.29, 1.82) is 0 Å². The van der Waals surface area contributed by atoms with Crippen molar-refractivity contribution in [3.05, 3.63) is 0 Å². The van der Waals surface area contributed by atoms with Crippen LogP contribution in [0.3, 0.4) is 0 Å². The molecule has 0 rings (SSSR count). The molecule has 3 nitrogen and oxygen atoms in total. The van der Waals surface area contributed by atoms with Crippen LogP contribution in [-0.4, -0.2) is 0 Å². The number of hydrogen-bond donors (Lipinski definition) is 0. The minimum absolute atomic E-state index is 0. The van der Waals surface area contributed by atoms with E-state index < -0.39 is 0 Å². The van der Waals surface area contributed by atoms with Crippen LogP contribution < -0.4 is 138 Å². The zero-order valence-electron chi connectivity index (χ0n) is 3.56. The molecule has 0 aromatic carbocycles.